The molecule has 1 aromatic heterocycles. The smallest absolute Gasteiger partial charge is 0.255 e. The molecule has 0 saturated carbocycles. The van der Waals surface area contributed by atoms with Crippen molar-refractivity contribution in [3.05, 3.63) is 28.5 Å². The summed E-state index contributed by atoms with van der Waals surface area (Å²) in [5, 5.41) is 9.52. The molecule has 0 atom stereocenters. The van der Waals surface area contributed by atoms with Gasteiger partial charge < -0.3 is 10.0 Å². The van der Waals surface area contributed by atoms with Crippen LogP contribution in [0.15, 0.2) is 22.9 Å². The van der Waals surface area contributed by atoms with Gasteiger partial charge in [-0.15, -0.1) is 0 Å². The van der Waals surface area contributed by atoms with Crippen LogP contribution in [0.3, 0.4) is 0 Å². The third-order valence-electron chi connectivity index (χ3n) is 2.30. The molecule has 1 aromatic rings. The minimum atomic E-state index is -0.727. The Morgan fingerprint density at radius 3 is 2.80 bits per heavy atom. The molecule has 2 rings (SSSR count). The number of rotatable bonds is 1. The molecular formula is C10H11BrN2O2. The van der Waals surface area contributed by atoms with Crippen LogP contribution in [0.2, 0.25) is 0 Å². The van der Waals surface area contributed by atoms with Crippen molar-refractivity contribution in [2.45, 2.75) is 12.5 Å². The Balaban J connectivity index is 2.10. The lowest BCUT2D eigenvalue weighted by Gasteiger charge is -2.44. The van der Waals surface area contributed by atoms with E-state index in [1.165, 1.54) is 6.20 Å². The predicted molar refractivity (Wildman–Crippen MR) is 58.5 cm³/mol. The fraction of sp³-hybridized carbons (Fsp3) is 0.400. The summed E-state index contributed by atoms with van der Waals surface area (Å²) in [5.41, 5.74) is -0.186. The van der Waals surface area contributed by atoms with E-state index in [0.717, 1.165) is 4.47 Å². The van der Waals surface area contributed by atoms with Crippen molar-refractivity contribution < 1.29 is 9.90 Å². The number of hydrogen-bond donors (Lipinski definition) is 1. The van der Waals surface area contributed by atoms with Crippen molar-refractivity contribution in [3.8, 4) is 0 Å². The highest BCUT2D eigenvalue weighted by molar-refractivity contribution is 9.10. The van der Waals surface area contributed by atoms with Crippen molar-refractivity contribution >= 4 is 21.8 Å². The number of β-amino-alcohol motifs (C(OH)–C–C–N with tert-alkyl or cyclic N) is 1. The van der Waals surface area contributed by atoms with Gasteiger partial charge in [0.1, 0.15) is 0 Å². The molecule has 1 amide bonds. The van der Waals surface area contributed by atoms with Gasteiger partial charge in [-0.2, -0.15) is 0 Å². The number of aromatic nitrogens is 1. The van der Waals surface area contributed by atoms with Gasteiger partial charge in [0.15, 0.2) is 0 Å². The van der Waals surface area contributed by atoms with E-state index in [1.54, 1.807) is 24.1 Å². The maximum atomic E-state index is 11.8. The number of likely N-dealkylation sites (tertiary alicyclic amines) is 1. The second-order valence-electron chi connectivity index (χ2n) is 4.05. The molecule has 0 radical (unpaired) electrons. The standard InChI is InChI=1S/C10H11BrN2O2/c1-10(15)5-13(6-10)9(14)7-2-8(11)4-12-3-7/h2-4,15H,5-6H2,1H3. The molecule has 1 N–H and O–H groups in total. The van der Waals surface area contributed by atoms with Gasteiger partial charge in [0, 0.05) is 16.9 Å². The number of nitrogens with zero attached hydrogens (tertiary/aromatic N) is 2. The summed E-state index contributed by atoms with van der Waals surface area (Å²) in [6, 6.07) is 1.72. The molecule has 4 nitrogen and oxygen atoms in total. The fourth-order valence-corrected chi connectivity index (χ4v) is 2.00. The fourth-order valence-electron chi connectivity index (χ4n) is 1.63. The number of hydrogen-bond acceptors (Lipinski definition) is 3. The van der Waals surface area contributed by atoms with Crippen LogP contribution in [0.25, 0.3) is 0 Å². The molecule has 2 heterocycles. The molecular weight excluding hydrogens is 260 g/mol. The van der Waals surface area contributed by atoms with Crippen LogP contribution in [0.5, 0.6) is 0 Å². The Kier molecular flexibility index (Phi) is 2.52. The molecule has 0 unspecified atom stereocenters. The Morgan fingerprint density at radius 1 is 1.60 bits per heavy atom. The zero-order chi connectivity index (χ0) is 11.1. The second kappa shape index (κ2) is 3.57. The van der Waals surface area contributed by atoms with Gasteiger partial charge in [-0.25, -0.2) is 0 Å². The molecule has 80 valence electrons. The SMILES string of the molecule is CC1(O)CN(C(=O)c2cncc(Br)c2)C1. The summed E-state index contributed by atoms with van der Waals surface area (Å²) < 4.78 is 0.778. The lowest BCUT2D eigenvalue weighted by Crippen LogP contribution is -2.61. The zero-order valence-electron chi connectivity index (χ0n) is 8.27. The first-order valence-corrected chi connectivity index (χ1v) is 5.39. The average molecular weight is 271 g/mol. The lowest BCUT2D eigenvalue weighted by atomic mass is 9.96. The Morgan fingerprint density at radius 2 is 2.27 bits per heavy atom. The number of pyridine rings is 1. The maximum absolute atomic E-state index is 11.8. The molecule has 0 bridgehead atoms. The number of carbonyl (C=O) groups is 1. The van der Waals surface area contributed by atoms with Crippen LogP contribution < -0.4 is 0 Å². The first kappa shape index (κ1) is 10.6. The minimum Gasteiger partial charge on any atom is -0.386 e. The number of carbonyl (C=O) groups excluding carboxylic acids is 1. The monoisotopic (exact) mass is 270 g/mol. The molecule has 0 aromatic carbocycles. The van der Waals surface area contributed by atoms with Crippen molar-refractivity contribution in [1.82, 2.24) is 9.88 Å². The maximum Gasteiger partial charge on any atom is 0.255 e. The van der Waals surface area contributed by atoms with Crippen LogP contribution >= 0.6 is 15.9 Å². The summed E-state index contributed by atoms with van der Waals surface area (Å²) in [7, 11) is 0. The summed E-state index contributed by atoms with van der Waals surface area (Å²) in [6.07, 6.45) is 3.16. The Bertz CT molecular complexity index is 398. The van der Waals surface area contributed by atoms with Gasteiger partial charge in [-0.3, -0.25) is 9.78 Å². The van der Waals surface area contributed by atoms with Crippen LogP contribution in [0.4, 0.5) is 0 Å². The normalized spacial score (nSPS) is 18.5. The second-order valence-corrected chi connectivity index (χ2v) is 4.97. The third-order valence-corrected chi connectivity index (χ3v) is 2.74. The molecule has 5 heteroatoms. The van der Waals surface area contributed by atoms with E-state index >= 15 is 0 Å². The largest absolute Gasteiger partial charge is 0.386 e. The van der Waals surface area contributed by atoms with Gasteiger partial charge in [0.2, 0.25) is 0 Å². The third kappa shape index (κ3) is 2.18. The van der Waals surface area contributed by atoms with Gasteiger partial charge in [0.25, 0.3) is 5.91 Å². The number of amides is 1. The molecule has 15 heavy (non-hydrogen) atoms. The van der Waals surface area contributed by atoms with Gasteiger partial charge >= 0.3 is 0 Å². The Hall–Kier alpha value is -0.940. The topological polar surface area (TPSA) is 53.4 Å². The van der Waals surface area contributed by atoms with Crippen molar-refractivity contribution in [2.75, 3.05) is 13.1 Å². The Labute approximate surface area is 96.1 Å². The highest BCUT2D eigenvalue weighted by Crippen LogP contribution is 2.22. The van der Waals surface area contributed by atoms with Crippen LogP contribution in [0.1, 0.15) is 17.3 Å². The van der Waals surface area contributed by atoms with E-state index in [4.69, 9.17) is 0 Å². The highest BCUT2D eigenvalue weighted by atomic mass is 79.9. The molecule has 1 aliphatic rings. The van der Waals surface area contributed by atoms with Crippen LogP contribution in [-0.4, -0.2) is 39.6 Å². The predicted octanol–water partition coefficient (Wildman–Crippen LogP) is 1.05. The summed E-state index contributed by atoms with van der Waals surface area (Å²) in [4.78, 5) is 17.3. The van der Waals surface area contributed by atoms with Crippen molar-refractivity contribution in [1.29, 1.82) is 0 Å². The highest BCUT2D eigenvalue weighted by Gasteiger charge is 2.39. The van der Waals surface area contributed by atoms with E-state index in [0.29, 0.717) is 18.7 Å². The molecule has 1 aliphatic heterocycles. The molecule has 0 spiro atoms. The van der Waals surface area contributed by atoms with Crippen LogP contribution in [-0.2, 0) is 0 Å². The van der Waals surface area contributed by atoms with Gasteiger partial charge in [-0.05, 0) is 28.9 Å². The summed E-state index contributed by atoms with van der Waals surface area (Å²) in [6.45, 7) is 2.49. The van der Waals surface area contributed by atoms with E-state index < -0.39 is 5.60 Å². The summed E-state index contributed by atoms with van der Waals surface area (Å²) >= 11 is 3.26. The van der Waals surface area contributed by atoms with Crippen LogP contribution in [0, 0.1) is 0 Å². The van der Waals surface area contributed by atoms with E-state index in [9.17, 15) is 9.90 Å². The van der Waals surface area contributed by atoms with Crippen molar-refractivity contribution in [2.24, 2.45) is 0 Å². The molecule has 1 fully saturated rings. The quantitative estimate of drug-likeness (QED) is 0.830. The van der Waals surface area contributed by atoms with E-state index in [2.05, 4.69) is 20.9 Å². The van der Waals surface area contributed by atoms with Crippen molar-refractivity contribution in [3.63, 3.8) is 0 Å². The van der Waals surface area contributed by atoms with Gasteiger partial charge in [0.05, 0.1) is 24.3 Å². The first-order valence-electron chi connectivity index (χ1n) is 4.60. The number of aliphatic hydroxyl groups is 1. The molecule has 1 saturated heterocycles. The van der Waals surface area contributed by atoms with E-state index in [1.807, 2.05) is 0 Å². The zero-order valence-corrected chi connectivity index (χ0v) is 9.86. The van der Waals surface area contributed by atoms with E-state index in [-0.39, 0.29) is 5.91 Å². The van der Waals surface area contributed by atoms with Gasteiger partial charge in [-0.1, -0.05) is 0 Å². The molecule has 0 aliphatic carbocycles. The first-order chi connectivity index (χ1) is 6.98. The number of halogens is 1. The average Bonchev–Trinajstić information content (AvgIpc) is 2.13. The summed E-state index contributed by atoms with van der Waals surface area (Å²) in [5.74, 6) is -0.0877. The minimum absolute atomic E-state index is 0.0877. The lowest BCUT2D eigenvalue weighted by molar-refractivity contribution is -0.0668.